The fourth-order valence-corrected chi connectivity index (χ4v) is 4.77. The molecule has 1 aliphatic rings. The van der Waals surface area contributed by atoms with Gasteiger partial charge < -0.3 is 26.0 Å². The van der Waals surface area contributed by atoms with Crippen molar-refractivity contribution in [1.29, 1.82) is 0 Å². The summed E-state index contributed by atoms with van der Waals surface area (Å²) in [4.78, 5) is 27.7. The number of likely N-dealkylation sites (N-methyl/N-ethyl adjacent to an activating group) is 1. The first-order valence-electron chi connectivity index (χ1n) is 11.1. The zero-order valence-corrected chi connectivity index (χ0v) is 20.2. The van der Waals surface area contributed by atoms with Gasteiger partial charge in [-0.25, -0.2) is 9.97 Å². The van der Waals surface area contributed by atoms with Crippen LogP contribution in [0.25, 0.3) is 10.6 Å². The van der Waals surface area contributed by atoms with E-state index in [-0.39, 0.29) is 5.56 Å². The number of nitrogens with two attached hydrogens (primary N) is 1. The van der Waals surface area contributed by atoms with Crippen LogP contribution in [-0.2, 0) is 13.0 Å². The number of aromatic nitrogens is 3. The Labute approximate surface area is 207 Å². The Morgan fingerprint density at radius 1 is 1.14 bits per heavy atom. The number of methoxy groups -OCH3 is 1. The minimum absolute atomic E-state index is 0.184. The van der Waals surface area contributed by atoms with E-state index in [9.17, 15) is 4.79 Å². The standard InChI is InChI=1S/C25H25N7O2S/c1-32-9-7-15-12-21(34-2)20(11-16(15)14-32)30-25-28-13-18(22(26)33)23(31-25)29-19-6-4-3-5-17(19)24-27-8-10-35-24/h3-6,8,10-13H,7,9,14H2,1-2H3,(H2,26,33)(H2,28,29,30,31). The number of anilines is 4. The molecular formula is C25H25N7O2S. The van der Waals surface area contributed by atoms with Crippen LogP contribution < -0.4 is 21.1 Å². The van der Waals surface area contributed by atoms with Crippen molar-refractivity contribution < 1.29 is 9.53 Å². The number of hydrogen-bond acceptors (Lipinski definition) is 9. The van der Waals surface area contributed by atoms with Gasteiger partial charge in [-0.2, -0.15) is 4.98 Å². The predicted molar refractivity (Wildman–Crippen MR) is 138 cm³/mol. The number of thiazole rings is 1. The van der Waals surface area contributed by atoms with Gasteiger partial charge in [0.25, 0.3) is 5.91 Å². The zero-order valence-electron chi connectivity index (χ0n) is 19.4. The Morgan fingerprint density at radius 3 is 2.77 bits per heavy atom. The molecule has 0 spiro atoms. The molecule has 35 heavy (non-hydrogen) atoms. The third-order valence-corrected chi connectivity index (χ3v) is 6.67. The molecule has 2 aromatic carbocycles. The van der Waals surface area contributed by atoms with Crippen molar-refractivity contribution in [2.45, 2.75) is 13.0 Å². The van der Waals surface area contributed by atoms with Crippen molar-refractivity contribution in [2.24, 2.45) is 5.73 Å². The number of carbonyl (C=O) groups excluding carboxylic acids is 1. The summed E-state index contributed by atoms with van der Waals surface area (Å²) in [6, 6.07) is 11.8. The number of ether oxygens (including phenoxy) is 1. The number of amides is 1. The summed E-state index contributed by atoms with van der Waals surface area (Å²) in [5.74, 6) is 0.696. The molecule has 10 heteroatoms. The number of carbonyl (C=O) groups is 1. The van der Waals surface area contributed by atoms with Crippen LogP contribution in [0.15, 0.2) is 54.2 Å². The monoisotopic (exact) mass is 487 g/mol. The van der Waals surface area contributed by atoms with E-state index in [0.29, 0.717) is 17.5 Å². The maximum atomic E-state index is 12.1. The van der Waals surface area contributed by atoms with E-state index in [1.54, 1.807) is 13.3 Å². The largest absolute Gasteiger partial charge is 0.495 e. The summed E-state index contributed by atoms with van der Waals surface area (Å²) >= 11 is 1.53. The number of nitrogens with one attached hydrogen (secondary N) is 2. The first-order chi connectivity index (χ1) is 17.0. The molecule has 4 aromatic rings. The topological polar surface area (TPSA) is 118 Å². The summed E-state index contributed by atoms with van der Waals surface area (Å²) in [7, 11) is 3.74. The fraction of sp³-hybridized carbons (Fsp3) is 0.200. The lowest BCUT2D eigenvalue weighted by Gasteiger charge is -2.26. The first-order valence-corrected chi connectivity index (χ1v) is 12.0. The van der Waals surface area contributed by atoms with Crippen molar-refractivity contribution in [1.82, 2.24) is 19.9 Å². The Kier molecular flexibility index (Phi) is 6.30. The molecule has 1 aliphatic heterocycles. The van der Waals surface area contributed by atoms with E-state index in [2.05, 4.69) is 49.7 Å². The number of rotatable bonds is 7. The summed E-state index contributed by atoms with van der Waals surface area (Å²) in [5.41, 5.74) is 10.7. The van der Waals surface area contributed by atoms with Gasteiger partial charge in [-0.1, -0.05) is 12.1 Å². The second-order valence-corrected chi connectivity index (χ2v) is 9.16. The van der Waals surface area contributed by atoms with Crippen LogP contribution >= 0.6 is 11.3 Å². The molecule has 0 atom stereocenters. The van der Waals surface area contributed by atoms with Gasteiger partial charge in [-0.3, -0.25) is 4.79 Å². The van der Waals surface area contributed by atoms with Crippen molar-refractivity contribution in [3.8, 4) is 16.3 Å². The minimum Gasteiger partial charge on any atom is -0.495 e. The number of hydrogen-bond donors (Lipinski definition) is 3. The average molecular weight is 488 g/mol. The SMILES string of the molecule is COc1cc2c(cc1Nc1ncc(C(N)=O)c(Nc3ccccc3-c3nccs3)n1)CN(C)CC2. The molecule has 2 aromatic heterocycles. The molecular weight excluding hydrogens is 462 g/mol. The summed E-state index contributed by atoms with van der Waals surface area (Å²) in [5, 5.41) is 9.28. The van der Waals surface area contributed by atoms with Gasteiger partial charge in [0.05, 0.1) is 12.8 Å². The van der Waals surface area contributed by atoms with Crippen molar-refractivity contribution in [2.75, 3.05) is 31.3 Å². The maximum Gasteiger partial charge on any atom is 0.254 e. The van der Waals surface area contributed by atoms with Gasteiger partial charge >= 0.3 is 0 Å². The molecule has 0 fully saturated rings. The van der Waals surface area contributed by atoms with Gasteiger partial charge in [0.2, 0.25) is 5.95 Å². The quantitative estimate of drug-likeness (QED) is 0.355. The van der Waals surface area contributed by atoms with Gasteiger partial charge in [0.15, 0.2) is 0 Å². The van der Waals surface area contributed by atoms with Crippen LogP contribution in [0.3, 0.4) is 0 Å². The van der Waals surface area contributed by atoms with Gasteiger partial charge in [0.1, 0.15) is 22.1 Å². The van der Waals surface area contributed by atoms with Crippen molar-refractivity contribution >= 4 is 40.4 Å². The van der Waals surface area contributed by atoms with Gasteiger partial charge in [0, 0.05) is 42.1 Å². The molecule has 0 aliphatic carbocycles. The number of primary amides is 1. The summed E-state index contributed by atoms with van der Waals surface area (Å²) < 4.78 is 5.63. The van der Waals surface area contributed by atoms with E-state index < -0.39 is 5.91 Å². The van der Waals surface area contributed by atoms with E-state index in [4.69, 9.17) is 10.5 Å². The fourth-order valence-electron chi connectivity index (χ4n) is 4.10. The Morgan fingerprint density at radius 2 is 2.00 bits per heavy atom. The van der Waals surface area contributed by atoms with E-state index in [0.717, 1.165) is 41.5 Å². The summed E-state index contributed by atoms with van der Waals surface area (Å²) in [6.07, 6.45) is 4.14. The third kappa shape index (κ3) is 4.79. The predicted octanol–water partition coefficient (Wildman–Crippen LogP) is 4.18. The minimum atomic E-state index is -0.625. The van der Waals surface area contributed by atoms with Crippen molar-refractivity contribution in [3.05, 3.63) is 70.9 Å². The molecule has 178 valence electrons. The molecule has 0 bridgehead atoms. The zero-order chi connectivity index (χ0) is 24.4. The molecule has 0 unspecified atom stereocenters. The molecule has 5 rings (SSSR count). The van der Waals surface area contributed by atoms with Crippen LogP contribution in [0.1, 0.15) is 21.5 Å². The third-order valence-electron chi connectivity index (χ3n) is 5.87. The van der Waals surface area contributed by atoms with E-state index in [1.165, 1.54) is 28.7 Å². The Hall–Kier alpha value is -4.02. The Balaban J connectivity index is 1.50. The maximum absolute atomic E-state index is 12.1. The molecule has 3 heterocycles. The summed E-state index contributed by atoms with van der Waals surface area (Å²) in [6.45, 7) is 1.87. The highest BCUT2D eigenvalue weighted by atomic mass is 32.1. The molecule has 4 N–H and O–H groups in total. The van der Waals surface area contributed by atoms with Gasteiger partial charge in [-0.05, 0) is 48.9 Å². The lowest BCUT2D eigenvalue weighted by atomic mass is 9.99. The lowest BCUT2D eigenvalue weighted by Crippen LogP contribution is -2.26. The number of benzene rings is 2. The molecule has 9 nitrogen and oxygen atoms in total. The number of nitrogens with zero attached hydrogens (tertiary/aromatic N) is 4. The van der Waals surface area contributed by atoms with Crippen LogP contribution in [0, 0.1) is 0 Å². The lowest BCUT2D eigenvalue weighted by molar-refractivity contribution is 0.100. The average Bonchev–Trinajstić information content (AvgIpc) is 3.39. The van der Waals surface area contributed by atoms with Crippen LogP contribution in [-0.4, -0.2) is 46.5 Å². The second kappa shape index (κ2) is 9.69. The highest BCUT2D eigenvalue weighted by molar-refractivity contribution is 7.13. The van der Waals surface area contributed by atoms with Crippen LogP contribution in [0.4, 0.5) is 23.1 Å². The molecule has 0 radical (unpaired) electrons. The number of fused-ring (bicyclic) bond motifs is 1. The molecule has 0 saturated carbocycles. The number of para-hydroxylation sites is 1. The second-order valence-electron chi connectivity index (χ2n) is 8.26. The van der Waals surface area contributed by atoms with E-state index >= 15 is 0 Å². The smallest absolute Gasteiger partial charge is 0.254 e. The normalized spacial score (nSPS) is 13.2. The molecule has 1 amide bonds. The van der Waals surface area contributed by atoms with Crippen LogP contribution in [0.2, 0.25) is 0 Å². The van der Waals surface area contributed by atoms with Gasteiger partial charge in [-0.15, -0.1) is 11.3 Å². The molecule has 0 saturated heterocycles. The highest BCUT2D eigenvalue weighted by Crippen LogP contribution is 2.34. The highest BCUT2D eigenvalue weighted by Gasteiger charge is 2.19. The van der Waals surface area contributed by atoms with Crippen molar-refractivity contribution in [3.63, 3.8) is 0 Å². The first kappa shape index (κ1) is 22.8. The van der Waals surface area contributed by atoms with E-state index in [1.807, 2.05) is 29.6 Å². The van der Waals surface area contributed by atoms with Crippen LogP contribution in [0.5, 0.6) is 5.75 Å². The Bertz CT molecular complexity index is 1370.